The predicted molar refractivity (Wildman–Crippen MR) is 118 cm³/mol. The van der Waals surface area contributed by atoms with Crippen LogP contribution in [0.5, 0.6) is 0 Å². The lowest BCUT2D eigenvalue weighted by molar-refractivity contribution is -0.582. The number of nitrogens with one attached hydrogen (secondary N) is 1. The Morgan fingerprint density at radius 1 is 1.35 bits per heavy atom. The highest BCUT2D eigenvalue weighted by atomic mass is 16.6. The van der Waals surface area contributed by atoms with Gasteiger partial charge in [-0.1, -0.05) is 24.9 Å². The molecule has 1 heterocycles. The normalized spacial score (nSPS) is 24.5. The van der Waals surface area contributed by atoms with Crippen LogP contribution in [0.25, 0.3) is 0 Å². The summed E-state index contributed by atoms with van der Waals surface area (Å²) in [6.45, 7) is 3.56. The number of nitro groups is 1. The van der Waals surface area contributed by atoms with Gasteiger partial charge in [0.2, 0.25) is 5.69 Å². The van der Waals surface area contributed by atoms with Crippen LogP contribution in [-0.4, -0.2) is 76.0 Å². The van der Waals surface area contributed by atoms with Crippen LogP contribution in [0.3, 0.4) is 0 Å². The minimum Gasteiger partial charge on any atom is -0.395 e. The summed E-state index contributed by atoms with van der Waals surface area (Å²) < 4.78 is 0. The Bertz CT molecular complexity index is 734. The monoisotopic (exact) mass is 439 g/mol. The quantitative estimate of drug-likeness (QED) is 0.0489. The predicted octanol–water partition coefficient (Wildman–Crippen LogP) is -0.302. The fraction of sp³-hybridized carbons (Fsp3) is 0.650. The summed E-state index contributed by atoms with van der Waals surface area (Å²) in [7, 11) is 0. The molecule has 0 spiro atoms. The number of quaternary nitrogens is 1. The van der Waals surface area contributed by atoms with Crippen LogP contribution >= 0.6 is 0 Å². The van der Waals surface area contributed by atoms with Crippen molar-refractivity contribution >= 4 is 23.4 Å². The van der Waals surface area contributed by atoms with Gasteiger partial charge in [-0.3, -0.25) is 15.0 Å². The topological polar surface area (TPSA) is 174 Å². The standard InChI is InChI=1S/C20H34N6O5/c1-14-19(28)11-25(18(12-27)20(14)29)9-5-3-2-4-8-22-15-6-7-16(24-23-13-21)17(10-15)26(30)31/h6-7,10,13-14,18-20,22,24,27-29H,2-5,8-9,11-12H2,1H3,(H2,21,23)/p+1. The number of nitrogens with two attached hydrogens (primary N) is 2. The largest absolute Gasteiger partial charge is 0.395 e. The van der Waals surface area contributed by atoms with E-state index in [1.54, 1.807) is 19.1 Å². The van der Waals surface area contributed by atoms with Crippen molar-refractivity contribution in [2.45, 2.75) is 50.9 Å². The van der Waals surface area contributed by atoms with Crippen LogP contribution in [0, 0.1) is 16.0 Å². The van der Waals surface area contributed by atoms with Crippen LogP contribution in [0.2, 0.25) is 0 Å². The Kier molecular flexibility index (Phi) is 10.1. The summed E-state index contributed by atoms with van der Waals surface area (Å²) >= 11 is 0. The molecule has 0 bridgehead atoms. The number of nitro benzene ring substituents is 1. The molecule has 2 rings (SSSR count). The van der Waals surface area contributed by atoms with E-state index in [1.165, 1.54) is 11.5 Å². The van der Waals surface area contributed by atoms with Crippen molar-refractivity contribution in [1.29, 1.82) is 0 Å². The van der Waals surface area contributed by atoms with Crippen LogP contribution in [0.4, 0.5) is 17.1 Å². The Morgan fingerprint density at radius 2 is 2.10 bits per heavy atom. The van der Waals surface area contributed by atoms with Gasteiger partial charge in [0.15, 0.2) is 0 Å². The molecule has 0 aliphatic carbocycles. The molecule has 1 aromatic carbocycles. The highest BCUT2D eigenvalue weighted by molar-refractivity contribution is 5.61. The van der Waals surface area contributed by atoms with E-state index in [4.69, 9.17) is 5.73 Å². The van der Waals surface area contributed by atoms with Gasteiger partial charge in [-0.05, 0) is 25.5 Å². The lowest BCUT2D eigenvalue weighted by atomic mass is 9.87. The van der Waals surface area contributed by atoms with E-state index < -0.39 is 17.1 Å². The molecule has 0 radical (unpaired) electrons. The summed E-state index contributed by atoms with van der Waals surface area (Å²) in [6, 6.07) is 4.56. The van der Waals surface area contributed by atoms with Gasteiger partial charge in [-0.2, -0.15) is 5.43 Å². The minimum absolute atomic E-state index is 0.0331. The van der Waals surface area contributed by atoms with E-state index in [1.807, 2.05) is 4.90 Å². The first kappa shape index (κ1) is 25.0. The number of anilines is 1. The van der Waals surface area contributed by atoms with Crippen molar-refractivity contribution in [2.75, 3.05) is 31.6 Å². The number of aliphatic hydroxyl groups excluding tert-OH is 3. The molecular formula is C20H35N6O5+. The number of aliphatic hydroxyl groups is 3. The summed E-state index contributed by atoms with van der Waals surface area (Å²) in [6.07, 6.45) is 3.53. The van der Waals surface area contributed by atoms with Crippen LogP contribution < -0.4 is 16.5 Å². The second-order valence-electron chi connectivity index (χ2n) is 7.96. The molecular weight excluding hydrogens is 404 g/mol. The van der Waals surface area contributed by atoms with Crippen LogP contribution in [0.1, 0.15) is 32.6 Å². The summed E-state index contributed by atoms with van der Waals surface area (Å²) in [5.41, 5.74) is 7.57. The maximum absolute atomic E-state index is 11.2. The van der Waals surface area contributed by atoms with Gasteiger partial charge in [0.25, 0.3) is 0 Å². The first-order valence-electron chi connectivity index (χ1n) is 10.7. The molecule has 0 amide bonds. The average Bonchev–Trinajstić information content (AvgIpc) is 2.75. The molecule has 174 valence electrons. The van der Waals surface area contributed by atoms with Gasteiger partial charge in [0.05, 0.1) is 29.8 Å². The Morgan fingerprint density at radius 3 is 2.77 bits per heavy atom. The number of unbranched alkanes of at least 4 members (excludes halogenated alkanes) is 3. The van der Waals surface area contributed by atoms with Crippen LogP contribution in [0.15, 0.2) is 23.3 Å². The van der Waals surface area contributed by atoms with Gasteiger partial charge in [-0.15, -0.1) is 0 Å². The number of benzene rings is 1. The van der Waals surface area contributed by atoms with Crippen molar-refractivity contribution in [3.63, 3.8) is 0 Å². The summed E-state index contributed by atoms with van der Waals surface area (Å²) in [5.74, 6) is -0.240. The molecule has 4 unspecified atom stereocenters. The third kappa shape index (κ3) is 7.11. The molecule has 0 saturated carbocycles. The Balaban J connectivity index is 1.70. The number of piperidine rings is 1. The second kappa shape index (κ2) is 12.5. The smallest absolute Gasteiger partial charge is 0.333 e. The summed E-state index contributed by atoms with van der Waals surface area (Å²) in [4.78, 5) is 12.8. The fourth-order valence-electron chi connectivity index (χ4n) is 3.89. The molecule has 1 saturated heterocycles. The van der Waals surface area contributed by atoms with E-state index in [9.17, 15) is 25.4 Å². The molecule has 1 aliphatic heterocycles. The molecule has 8 N–H and O–H groups in total. The zero-order chi connectivity index (χ0) is 22.8. The SMILES string of the molecule is CC1C(O)CN(CCCCCCNc2ccc([NH2+]N=CN)c([N+](=O)[O-])c2)C(CO)C1O. The maximum Gasteiger partial charge on any atom is 0.333 e. The Hall–Kier alpha value is -2.31. The van der Waals surface area contributed by atoms with Crippen molar-refractivity contribution in [3.8, 4) is 0 Å². The second-order valence-corrected chi connectivity index (χ2v) is 7.96. The average molecular weight is 440 g/mol. The number of hydrogen-bond donors (Lipinski definition) is 6. The first-order chi connectivity index (χ1) is 14.9. The van der Waals surface area contributed by atoms with Crippen molar-refractivity contribution in [1.82, 2.24) is 4.90 Å². The highest BCUT2D eigenvalue weighted by Crippen LogP contribution is 2.25. The van der Waals surface area contributed by atoms with Gasteiger partial charge in [0.1, 0.15) is 6.34 Å². The third-order valence-corrected chi connectivity index (χ3v) is 5.85. The number of hydrogen-bond acceptors (Lipinski definition) is 8. The van der Waals surface area contributed by atoms with Gasteiger partial charge >= 0.3 is 5.69 Å². The maximum atomic E-state index is 11.2. The molecule has 1 aromatic rings. The lowest BCUT2D eigenvalue weighted by Gasteiger charge is -2.44. The fourth-order valence-corrected chi connectivity index (χ4v) is 3.89. The van der Waals surface area contributed by atoms with E-state index in [-0.39, 0.29) is 24.3 Å². The van der Waals surface area contributed by atoms with Crippen molar-refractivity contribution in [3.05, 3.63) is 28.3 Å². The van der Waals surface area contributed by atoms with Gasteiger partial charge in [-0.25, -0.2) is 0 Å². The number of rotatable bonds is 12. The number of likely N-dealkylation sites (tertiary alicyclic amines) is 1. The third-order valence-electron chi connectivity index (χ3n) is 5.85. The molecule has 4 atom stereocenters. The zero-order valence-electron chi connectivity index (χ0n) is 17.9. The first-order valence-corrected chi connectivity index (χ1v) is 10.7. The minimum atomic E-state index is -0.729. The molecule has 11 nitrogen and oxygen atoms in total. The van der Waals surface area contributed by atoms with Gasteiger partial charge in [0, 0.05) is 36.8 Å². The zero-order valence-corrected chi connectivity index (χ0v) is 17.9. The molecule has 11 heteroatoms. The van der Waals surface area contributed by atoms with E-state index in [0.29, 0.717) is 24.5 Å². The number of nitrogens with zero attached hydrogens (tertiary/aromatic N) is 3. The van der Waals surface area contributed by atoms with E-state index in [0.717, 1.165) is 38.6 Å². The summed E-state index contributed by atoms with van der Waals surface area (Å²) in [5, 5.41) is 48.1. The van der Waals surface area contributed by atoms with E-state index >= 15 is 0 Å². The van der Waals surface area contributed by atoms with Crippen LogP contribution in [-0.2, 0) is 0 Å². The molecule has 1 fully saturated rings. The van der Waals surface area contributed by atoms with Crippen molar-refractivity contribution < 1.29 is 25.7 Å². The molecule has 0 aromatic heterocycles. The highest BCUT2D eigenvalue weighted by Gasteiger charge is 2.38. The van der Waals surface area contributed by atoms with E-state index in [2.05, 4.69) is 10.4 Å². The molecule has 31 heavy (non-hydrogen) atoms. The number of β-amino-alcohol motifs (C(OH)–C–C–N with tert-alkyl or cyclic N) is 1. The molecule has 1 aliphatic rings. The van der Waals surface area contributed by atoms with Crippen molar-refractivity contribution in [2.24, 2.45) is 16.8 Å². The Labute approximate surface area is 182 Å². The lowest BCUT2D eigenvalue weighted by Crippen LogP contribution is -2.71. The van der Waals surface area contributed by atoms with Gasteiger partial charge < -0.3 is 26.4 Å².